The van der Waals surface area contributed by atoms with Gasteiger partial charge >= 0.3 is 0 Å². The van der Waals surface area contributed by atoms with Crippen LogP contribution in [0.25, 0.3) is 0 Å². The van der Waals surface area contributed by atoms with Crippen molar-refractivity contribution in [1.82, 2.24) is 10.6 Å². The fourth-order valence-electron chi connectivity index (χ4n) is 2.18. The Hall–Kier alpha value is -0.860. The van der Waals surface area contributed by atoms with Gasteiger partial charge in [-0.05, 0) is 38.4 Å². The van der Waals surface area contributed by atoms with Crippen molar-refractivity contribution in [1.29, 1.82) is 0 Å². The van der Waals surface area contributed by atoms with Crippen LogP contribution in [0.5, 0.6) is 0 Å². The van der Waals surface area contributed by atoms with Crippen molar-refractivity contribution in [3.63, 3.8) is 0 Å². The lowest BCUT2D eigenvalue weighted by molar-refractivity contribution is 0.359. The van der Waals surface area contributed by atoms with E-state index in [9.17, 15) is 0 Å². The van der Waals surface area contributed by atoms with Crippen LogP contribution in [0.15, 0.2) is 30.3 Å². The summed E-state index contributed by atoms with van der Waals surface area (Å²) in [5, 5.41) is 7.08. The van der Waals surface area contributed by atoms with E-state index in [1.165, 1.54) is 18.4 Å². The largest absolute Gasteiger partial charge is 0.317 e. The highest BCUT2D eigenvalue weighted by Crippen LogP contribution is 2.14. The number of hydrogen-bond acceptors (Lipinski definition) is 2. The Kier molecular flexibility index (Phi) is 3.75. The second-order valence-corrected chi connectivity index (χ2v) is 4.32. The second-order valence-electron chi connectivity index (χ2n) is 4.32. The Morgan fingerprint density at radius 3 is 2.53 bits per heavy atom. The van der Waals surface area contributed by atoms with E-state index in [1.54, 1.807) is 0 Å². The molecule has 2 nitrogen and oxygen atoms in total. The zero-order valence-corrected chi connectivity index (χ0v) is 9.37. The molecule has 2 heteroatoms. The molecule has 0 aromatic heterocycles. The van der Waals surface area contributed by atoms with Gasteiger partial charge in [-0.25, -0.2) is 0 Å². The van der Waals surface area contributed by atoms with Gasteiger partial charge in [0, 0.05) is 12.1 Å². The molecule has 1 heterocycles. The lowest BCUT2D eigenvalue weighted by atomic mass is 10.0. The SMILES string of the molecule is C[C@@H](NC1CCNCC1)c1ccccc1. The third kappa shape index (κ3) is 3.05. The summed E-state index contributed by atoms with van der Waals surface area (Å²) >= 11 is 0. The molecule has 0 saturated carbocycles. The number of benzene rings is 1. The molecule has 0 radical (unpaired) electrons. The van der Waals surface area contributed by atoms with Gasteiger partial charge in [0.2, 0.25) is 0 Å². The fraction of sp³-hybridized carbons (Fsp3) is 0.538. The monoisotopic (exact) mass is 204 g/mol. The number of rotatable bonds is 3. The average Bonchev–Trinajstić information content (AvgIpc) is 2.31. The van der Waals surface area contributed by atoms with E-state index in [4.69, 9.17) is 0 Å². The Bertz CT molecular complexity index is 278. The van der Waals surface area contributed by atoms with Gasteiger partial charge in [0.25, 0.3) is 0 Å². The molecule has 82 valence electrons. The number of hydrogen-bond donors (Lipinski definition) is 2. The smallest absolute Gasteiger partial charge is 0.0294 e. The van der Waals surface area contributed by atoms with Crippen molar-refractivity contribution in [3.05, 3.63) is 35.9 Å². The van der Waals surface area contributed by atoms with Gasteiger partial charge in [-0.2, -0.15) is 0 Å². The van der Waals surface area contributed by atoms with Crippen LogP contribution in [-0.2, 0) is 0 Å². The van der Waals surface area contributed by atoms with E-state index < -0.39 is 0 Å². The van der Waals surface area contributed by atoms with E-state index in [2.05, 4.69) is 47.9 Å². The van der Waals surface area contributed by atoms with Gasteiger partial charge in [-0.3, -0.25) is 0 Å². The Morgan fingerprint density at radius 1 is 1.20 bits per heavy atom. The minimum absolute atomic E-state index is 0.467. The molecule has 0 spiro atoms. The molecule has 1 aliphatic heterocycles. The van der Waals surface area contributed by atoms with Crippen molar-refractivity contribution in [3.8, 4) is 0 Å². The summed E-state index contributed by atoms with van der Waals surface area (Å²) in [6.45, 7) is 4.55. The molecule has 1 aromatic carbocycles. The number of piperidine rings is 1. The third-order valence-corrected chi connectivity index (χ3v) is 3.12. The maximum absolute atomic E-state index is 3.70. The molecular weight excluding hydrogens is 184 g/mol. The predicted octanol–water partition coefficient (Wildman–Crippen LogP) is 2.09. The highest BCUT2D eigenvalue weighted by Gasteiger charge is 2.15. The van der Waals surface area contributed by atoms with E-state index >= 15 is 0 Å². The van der Waals surface area contributed by atoms with Gasteiger partial charge < -0.3 is 10.6 Å². The average molecular weight is 204 g/mol. The van der Waals surface area contributed by atoms with E-state index in [0.717, 1.165) is 13.1 Å². The summed E-state index contributed by atoms with van der Waals surface area (Å²) in [5.41, 5.74) is 1.39. The maximum Gasteiger partial charge on any atom is 0.0294 e. The molecule has 2 N–H and O–H groups in total. The third-order valence-electron chi connectivity index (χ3n) is 3.12. The maximum atomic E-state index is 3.70. The first-order chi connectivity index (χ1) is 7.36. The van der Waals surface area contributed by atoms with Crippen molar-refractivity contribution in [2.24, 2.45) is 0 Å². The predicted molar refractivity (Wildman–Crippen MR) is 63.9 cm³/mol. The van der Waals surface area contributed by atoms with Gasteiger partial charge in [0.15, 0.2) is 0 Å². The Morgan fingerprint density at radius 2 is 1.87 bits per heavy atom. The van der Waals surface area contributed by atoms with Crippen LogP contribution >= 0.6 is 0 Å². The van der Waals surface area contributed by atoms with Crippen LogP contribution in [0.4, 0.5) is 0 Å². The Balaban J connectivity index is 1.88. The van der Waals surface area contributed by atoms with Crippen LogP contribution < -0.4 is 10.6 Å². The van der Waals surface area contributed by atoms with Crippen LogP contribution in [0.3, 0.4) is 0 Å². The molecule has 0 amide bonds. The van der Waals surface area contributed by atoms with Crippen LogP contribution in [-0.4, -0.2) is 19.1 Å². The van der Waals surface area contributed by atoms with Gasteiger partial charge in [-0.15, -0.1) is 0 Å². The molecule has 0 unspecified atom stereocenters. The fourth-order valence-corrected chi connectivity index (χ4v) is 2.18. The highest BCUT2D eigenvalue weighted by molar-refractivity contribution is 5.18. The van der Waals surface area contributed by atoms with Crippen LogP contribution in [0.1, 0.15) is 31.4 Å². The standard InChI is InChI=1S/C13H20N2/c1-11(12-5-3-2-4-6-12)15-13-7-9-14-10-8-13/h2-6,11,13-15H,7-10H2,1H3/t11-/m1/s1. The first kappa shape index (κ1) is 10.7. The molecular formula is C13H20N2. The summed E-state index contributed by atoms with van der Waals surface area (Å²) in [6.07, 6.45) is 2.49. The van der Waals surface area contributed by atoms with E-state index in [0.29, 0.717) is 12.1 Å². The lowest BCUT2D eigenvalue weighted by Gasteiger charge is -2.27. The molecule has 1 fully saturated rings. The normalized spacial score (nSPS) is 20.1. The van der Waals surface area contributed by atoms with Crippen molar-refractivity contribution in [2.75, 3.05) is 13.1 Å². The minimum Gasteiger partial charge on any atom is -0.317 e. The van der Waals surface area contributed by atoms with Crippen LogP contribution in [0, 0.1) is 0 Å². The molecule has 2 rings (SSSR count). The van der Waals surface area contributed by atoms with E-state index in [1.807, 2.05) is 0 Å². The molecule has 15 heavy (non-hydrogen) atoms. The molecule has 1 saturated heterocycles. The zero-order chi connectivity index (χ0) is 10.5. The zero-order valence-electron chi connectivity index (χ0n) is 9.37. The Labute approximate surface area is 92.1 Å². The van der Waals surface area contributed by atoms with Crippen molar-refractivity contribution >= 4 is 0 Å². The minimum atomic E-state index is 0.467. The second kappa shape index (κ2) is 5.29. The van der Waals surface area contributed by atoms with Gasteiger partial charge in [0.05, 0.1) is 0 Å². The van der Waals surface area contributed by atoms with Crippen molar-refractivity contribution < 1.29 is 0 Å². The molecule has 1 aliphatic rings. The van der Waals surface area contributed by atoms with Gasteiger partial charge in [-0.1, -0.05) is 30.3 Å². The quantitative estimate of drug-likeness (QED) is 0.788. The summed E-state index contributed by atoms with van der Waals surface area (Å²) in [6, 6.07) is 11.8. The molecule has 0 aliphatic carbocycles. The van der Waals surface area contributed by atoms with E-state index in [-0.39, 0.29) is 0 Å². The van der Waals surface area contributed by atoms with Crippen molar-refractivity contribution in [2.45, 2.75) is 31.8 Å². The summed E-state index contributed by atoms with van der Waals surface area (Å²) < 4.78 is 0. The summed E-state index contributed by atoms with van der Waals surface area (Å²) in [5.74, 6) is 0. The highest BCUT2D eigenvalue weighted by atomic mass is 15.0. The van der Waals surface area contributed by atoms with Gasteiger partial charge in [0.1, 0.15) is 0 Å². The summed E-state index contributed by atoms with van der Waals surface area (Å²) in [7, 11) is 0. The first-order valence-electron chi connectivity index (χ1n) is 5.88. The number of nitrogens with one attached hydrogen (secondary N) is 2. The van der Waals surface area contributed by atoms with Crippen LogP contribution in [0.2, 0.25) is 0 Å². The molecule has 1 atom stereocenters. The molecule has 1 aromatic rings. The topological polar surface area (TPSA) is 24.1 Å². The summed E-state index contributed by atoms with van der Waals surface area (Å²) in [4.78, 5) is 0. The molecule has 0 bridgehead atoms. The lowest BCUT2D eigenvalue weighted by Crippen LogP contribution is -2.40. The first-order valence-corrected chi connectivity index (χ1v) is 5.88.